The van der Waals surface area contributed by atoms with Gasteiger partial charge in [-0.15, -0.1) is 0 Å². The zero-order valence-electron chi connectivity index (χ0n) is 13.7. The minimum Gasteiger partial charge on any atom is -0.508 e. The lowest BCUT2D eigenvalue weighted by Crippen LogP contribution is -1.94. The molecular weight excluding hydrogens is 308 g/mol. The SMILES string of the molecule is Oc1ccc2c(-c3ccc(OCc4ccccc4)cc3)cccc2c1. The molecule has 0 amide bonds. The van der Waals surface area contributed by atoms with Gasteiger partial charge in [0.05, 0.1) is 0 Å². The van der Waals surface area contributed by atoms with Gasteiger partial charge < -0.3 is 9.84 Å². The smallest absolute Gasteiger partial charge is 0.119 e. The number of phenols is 1. The Bertz CT molecular complexity index is 989. The van der Waals surface area contributed by atoms with Crippen molar-refractivity contribution >= 4 is 10.8 Å². The summed E-state index contributed by atoms with van der Waals surface area (Å²) < 4.78 is 5.85. The van der Waals surface area contributed by atoms with Crippen molar-refractivity contribution in [3.63, 3.8) is 0 Å². The maximum atomic E-state index is 9.66. The van der Waals surface area contributed by atoms with Gasteiger partial charge in [-0.1, -0.05) is 66.7 Å². The Morgan fingerprint density at radius 2 is 1.52 bits per heavy atom. The normalized spacial score (nSPS) is 10.7. The number of phenolic OH excluding ortho intramolecular Hbond substituents is 1. The van der Waals surface area contributed by atoms with Gasteiger partial charge >= 0.3 is 0 Å². The summed E-state index contributed by atoms with van der Waals surface area (Å²) in [4.78, 5) is 0. The fourth-order valence-corrected chi connectivity index (χ4v) is 2.99. The first kappa shape index (κ1) is 15.3. The Kier molecular flexibility index (Phi) is 4.09. The van der Waals surface area contributed by atoms with Crippen LogP contribution in [0, 0.1) is 0 Å². The highest BCUT2D eigenvalue weighted by Gasteiger charge is 2.05. The first-order chi connectivity index (χ1) is 12.3. The zero-order valence-corrected chi connectivity index (χ0v) is 13.7. The molecule has 2 heteroatoms. The minimum absolute atomic E-state index is 0.286. The van der Waals surface area contributed by atoms with Crippen molar-refractivity contribution in [3.05, 3.63) is 96.6 Å². The summed E-state index contributed by atoms with van der Waals surface area (Å²) >= 11 is 0. The average Bonchev–Trinajstić information content (AvgIpc) is 2.67. The average molecular weight is 326 g/mol. The number of benzene rings is 4. The molecule has 25 heavy (non-hydrogen) atoms. The molecule has 1 N–H and O–H groups in total. The highest BCUT2D eigenvalue weighted by molar-refractivity contribution is 5.97. The lowest BCUT2D eigenvalue weighted by molar-refractivity contribution is 0.306. The van der Waals surface area contributed by atoms with E-state index in [0.29, 0.717) is 6.61 Å². The predicted molar refractivity (Wildman–Crippen MR) is 102 cm³/mol. The summed E-state index contributed by atoms with van der Waals surface area (Å²) in [6.07, 6.45) is 0. The fourth-order valence-electron chi connectivity index (χ4n) is 2.99. The van der Waals surface area contributed by atoms with Gasteiger partial charge in [-0.2, -0.15) is 0 Å². The van der Waals surface area contributed by atoms with Crippen LogP contribution in [0.25, 0.3) is 21.9 Å². The minimum atomic E-state index is 0.286. The van der Waals surface area contributed by atoms with Crippen molar-refractivity contribution in [2.75, 3.05) is 0 Å². The van der Waals surface area contributed by atoms with Crippen LogP contribution in [0.1, 0.15) is 5.56 Å². The molecule has 4 rings (SSSR count). The van der Waals surface area contributed by atoms with Gasteiger partial charge in [0.2, 0.25) is 0 Å². The molecule has 0 spiro atoms. The zero-order chi connectivity index (χ0) is 17.1. The number of fused-ring (bicyclic) bond motifs is 1. The Balaban J connectivity index is 1.58. The van der Waals surface area contributed by atoms with Crippen LogP contribution in [0.3, 0.4) is 0 Å². The van der Waals surface area contributed by atoms with Crippen LogP contribution in [0.4, 0.5) is 0 Å². The van der Waals surface area contributed by atoms with E-state index in [-0.39, 0.29) is 5.75 Å². The van der Waals surface area contributed by atoms with Crippen LogP contribution in [0.2, 0.25) is 0 Å². The van der Waals surface area contributed by atoms with Crippen LogP contribution in [-0.4, -0.2) is 5.11 Å². The van der Waals surface area contributed by atoms with E-state index in [2.05, 4.69) is 30.3 Å². The molecule has 0 bridgehead atoms. The maximum Gasteiger partial charge on any atom is 0.119 e. The van der Waals surface area contributed by atoms with E-state index in [1.165, 1.54) is 0 Å². The number of ether oxygens (including phenoxy) is 1. The van der Waals surface area contributed by atoms with Gasteiger partial charge in [0.15, 0.2) is 0 Å². The van der Waals surface area contributed by atoms with Crippen LogP contribution in [-0.2, 0) is 6.61 Å². The molecule has 0 aromatic heterocycles. The van der Waals surface area contributed by atoms with Gasteiger partial charge in [-0.3, -0.25) is 0 Å². The summed E-state index contributed by atoms with van der Waals surface area (Å²) in [6.45, 7) is 0.563. The summed E-state index contributed by atoms with van der Waals surface area (Å²) in [6, 6.07) is 29.9. The second-order valence-electron chi connectivity index (χ2n) is 6.01. The van der Waals surface area contributed by atoms with Crippen LogP contribution in [0.15, 0.2) is 91.0 Å². The number of rotatable bonds is 4. The van der Waals surface area contributed by atoms with Gasteiger partial charge in [0.25, 0.3) is 0 Å². The molecule has 0 atom stereocenters. The first-order valence-electron chi connectivity index (χ1n) is 8.28. The van der Waals surface area contributed by atoms with Crippen LogP contribution >= 0.6 is 0 Å². The summed E-state index contributed by atoms with van der Waals surface area (Å²) in [7, 11) is 0. The predicted octanol–water partition coefficient (Wildman–Crippen LogP) is 5.79. The highest BCUT2D eigenvalue weighted by Crippen LogP contribution is 2.31. The number of hydrogen-bond acceptors (Lipinski definition) is 2. The van der Waals surface area contributed by atoms with E-state index in [1.807, 2.05) is 48.5 Å². The Morgan fingerprint density at radius 3 is 2.32 bits per heavy atom. The molecule has 0 unspecified atom stereocenters. The van der Waals surface area contributed by atoms with Gasteiger partial charge in [0, 0.05) is 0 Å². The van der Waals surface area contributed by atoms with Crippen LogP contribution in [0.5, 0.6) is 11.5 Å². The van der Waals surface area contributed by atoms with Crippen molar-refractivity contribution in [2.24, 2.45) is 0 Å². The van der Waals surface area contributed by atoms with Gasteiger partial charge in [0.1, 0.15) is 18.1 Å². The standard InChI is InChI=1S/C23H18O2/c24-20-11-14-23-19(15-20)7-4-8-22(23)18-9-12-21(13-10-18)25-16-17-5-2-1-3-6-17/h1-15,24H,16H2. The molecule has 4 aromatic carbocycles. The van der Waals surface area contributed by atoms with Crippen molar-refractivity contribution in [3.8, 4) is 22.6 Å². The summed E-state index contributed by atoms with van der Waals surface area (Å²) in [5, 5.41) is 11.8. The first-order valence-corrected chi connectivity index (χ1v) is 8.28. The largest absolute Gasteiger partial charge is 0.508 e. The van der Waals surface area contributed by atoms with E-state index in [4.69, 9.17) is 4.74 Å². The third kappa shape index (κ3) is 3.33. The fraction of sp³-hybridized carbons (Fsp3) is 0.0435. The Morgan fingerprint density at radius 1 is 0.720 bits per heavy atom. The molecule has 0 saturated heterocycles. The molecule has 0 radical (unpaired) electrons. The second kappa shape index (κ2) is 6.70. The molecule has 4 aromatic rings. The van der Waals surface area contributed by atoms with E-state index >= 15 is 0 Å². The van der Waals surface area contributed by atoms with E-state index in [1.54, 1.807) is 12.1 Å². The Labute approximate surface area is 146 Å². The van der Waals surface area contributed by atoms with Crippen molar-refractivity contribution in [1.29, 1.82) is 0 Å². The molecular formula is C23H18O2. The van der Waals surface area contributed by atoms with E-state index in [9.17, 15) is 5.11 Å². The maximum absolute atomic E-state index is 9.66. The lowest BCUT2D eigenvalue weighted by Gasteiger charge is -2.10. The second-order valence-corrected chi connectivity index (χ2v) is 6.01. The number of hydrogen-bond donors (Lipinski definition) is 1. The monoisotopic (exact) mass is 326 g/mol. The highest BCUT2D eigenvalue weighted by atomic mass is 16.5. The third-order valence-electron chi connectivity index (χ3n) is 4.28. The van der Waals surface area contributed by atoms with Crippen molar-refractivity contribution in [2.45, 2.75) is 6.61 Å². The summed E-state index contributed by atoms with van der Waals surface area (Å²) in [5.41, 5.74) is 3.43. The topological polar surface area (TPSA) is 29.5 Å². The quantitative estimate of drug-likeness (QED) is 0.514. The lowest BCUT2D eigenvalue weighted by atomic mass is 9.98. The molecule has 0 aliphatic rings. The van der Waals surface area contributed by atoms with Gasteiger partial charge in [-0.25, -0.2) is 0 Å². The van der Waals surface area contributed by atoms with E-state index < -0.39 is 0 Å². The molecule has 0 aliphatic heterocycles. The number of aromatic hydroxyl groups is 1. The molecule has 0 heterocycles. The molecule has 0 aliphatic carbocycles. The van der Waals surface area contributed by atoms with Crippen molar-refractivity contribution < 1.29 is 9.84 Å². The van der Waals surface area contributed by atoms with Crippen molar-refractivity contribution in [1.82, 2.24) is 0 Å². The third-order valence-corrected chi connectivity index (χ3v) is 4.28. The molecule has 122 valence electrons. The van der Waals surface area contributed by atoms with Gasteiger partial charge in [-0.05, 0) is 51.7 Å². The Hall–Kier alpha value is -3.26. The van der Waals surface area contributed by atoms with E-state index in [0.717, 1.165) is 33.2 Å². The summed E-state index contributed by atoms with van der Waals surface area (Å²) in [5.74, 6) is 1.14. The molecule has 0 fully saturated rings. The van der Waals surface area contributed by atoms with Crippen LogP contribution < -0.4 is 4.74 Å². The molecule has 0 saturated carbocycles. The molecule has 2 nitrogen and oxygen atoms in total.